The SMILES string of the molecule is Cc1cccc2c1[nH]c(=S)n2C1CCC(C)CC1. The molecule has 1 aliphatic carbocycles. The van der Waals surface area contributed by atoms with Crippen LogP contribution in [0.15, 0.2) is 18.2 Å². The van der Waals surface area contributed by atoms with Gasteiger partial charge in [-0.2, -0.15) is 0 Å². The third-order valence-electron chi connectivity index (χ3n) is 4.31. The number of aromatic amines is 1. The van der Waals surface area contributed by atoms with Crippen molar-refractivity contribution in [3.05, 3.63) is 28.5 Å². The third-order valence-corrected chi connectivity index (χ3v) is 4.61. The molecule has 2 nitrogen and oxygen atoms in total. The highest BCUT2D eigenvalue weighted by Crippen LogP contribution is 2.34. The average molecular weight is 260 g/mol. The van der Waals surface area contributed by atoms with E-state index in [2.05, 4.69) is 41.6 Å². The molecule has 0 unspecified atom stereocenters. The van der Waals surface area contributed by atoms with Gasteiger partial charge < -0.3 is 9.55 Å². The van der Waals surface area contributed by atoms with Crippen molar-refractivity contribution in [3.8, 4) is 0 Å². The number of hydrogen-bond acceptors (Lipinski definition) is 1. The minimum atomic E-state index is 0.587. The monoisotopic (exact) mass is 260 g/mol. The lowest BCUT2D eigenvalue weighted by atomic mass is 9.87. The molecule has 1 fully saturated rings. The van der Waals surface area contributed by atoms with Gasteiger partial charge in [-0.25, -0.2) is 0 Å². The van der Waals surface area contributed by atoms with Gasteiger partial charge in [-0.1, -0.05) is 19.1 Å². The Morgan fingerprint density at radius 1 is 1.22 bits per heavy atom. The Balaban J connectivity index is 2.09. The van der Waals surface area contributed by atoms with Crippen LogP contribution in [-0.4, -0.2) is 9.55 Å². The van der Waals surface area contributed by atoms with Crippen molar-refractivity contribution in [2.24, 2.45) is 5.92 Å². The van der Waals surface area contributed by atoms with E-state index in [0.29, 0.717) is 6.04 Å². The van der Waals surface area contributed by atoms with E-state index in [0.717, 1.165) is 10.7 Å². The smallest absolute Gasteiger partial charge is 0.178 e. The highest BCUT2D eigenvalue weighted by molar-refractivity contribution is 7.71. The zero-order chi connectivity index (χ0) is 12.7. The van der Waals surface area contributed by atoms with E-state index in [1.54, 1.807) is 0 Å². The number of H-pyrrole nitrogens is 1. The summed E-state index contributed by atoms with van der Waals surface area (Å²) < 4.78 is 3.24. The summed E-state index contributed by atoms with van der Waals surface area (Å²) >= 11 is 5.53. The first kappa shape index (κ1) is 12.0. The van der Waals surface area contributed by atoms with Crippen LogP contribution >= 0.6 is 12.2 Å². The molecule has 1 aromatic carbocycles. The van der Waals surface area contributed by atoms with Gasteiger partial charge in [0.15, 0.2) is 4.77 Å². The van der Waals surface area contributed by atoms with E-state index in [9.17, 15) is 0 Å². The number of aromatic nitrogens is 2. The van der Waals surface area contributed by atoms with Gasteiger partial charge in [-0.15, -0.1) is 0 Å². The maximum absolute atomic E-state index is 5.53. The number of rotatable bonds is 1. The molecule has 3 rings (SSSR count). The molecule has 1 N–H and O–H groups in total. The number of fused-ring (bicyclic) bond motifs is 1. The molecule has 3 heteroatoms. The summed E-state index contributed by atoms with van der Waals surface area (Å²) in [6.07, 6.45) is 5.17. The molecule has 0 radical (unpaired) electrons. The van der Waals surface area contributed by atoms with Crippen LogP contribution in [0.5, 0.6) is 0 Å². The summed E-state index contributed by atoms with van der Waals surface area (Å²) in [7, 11) is 0. The van der Waals surface area contributed by atoms with E-state index in [1.165, 1.54) is 42.3 Å². The number of nitrogens with zero attached hydrogens (tertiary/aromatic N) is 1. The number of para-hydroxylation sites is 1. The van der Waals surface area contributed by atoms with Crippen molar-refractivity contribution in [2.45, 2.75) is 45.6 Å². The highest BCUT2D eigenvalue weighted by atomic mass is 32.1. The summed E-state index contributed by atoms with van der Waals surface area (Å²) in [6.45, 7) is 4.50. The van der Waals surface area contributed by atoms with Gasteiger partial charge in [0.05, 0.1) is 11.0 Å². The lowest BCUT2D eigenvalue weighted by Crippen LogP contribution is -2.16. The number of hydrogen-bond donors (Lipinski definition) is 1. The fraction of sp³-hybridized carbons (Fsp3) is 0.533. The molecule has 0 amide bonds. The first-order valence-corrected chi connectivity index (χ1v) is 7.27. The van der Waals surface area contributed by atoms with Crippen molar-refractivity contribution in [2.75, 3.05) is 0 Å². The molecule has 0 spiro atoms. The fourth-order valence-electron chi connectivity index (χ4n) is 3.16. The average Bonchev–Trinajstić information content (AvgIpc) is 2.69. The molecule has 0 atom stereocenters. The minimum Gasteiger partial charge on any atom is -0.330 e. The van der Waals surface area contributed by atoms with Crippen molar-refractivity contribution >= 4 is 23.3 Å². The van der Waals surface area contributed by atoms with Crippen LogP contribution in [-0.2, 0) is 0 Å². The van der Waals surface area contributed by atoms with Crippen LogP contribution < -0.4 is 0 Å². The molecule has 1 heterocycles. The summed E-state index contributed by atoms with van der Waals surface area (Å²) in [5, 5.41) is 0. The molecular formula is C15H20N2S. The molecule has 1 aliphatic rings. The van der Waals surface area contributed by atoms with Crippen molar-refractivity contribution in [3.63, 3.8) is 0 Å². The van der Waals surface area contributed by atoms with E-state index in [-0.39, 0.29) is 0 Å². The Bertz CT molecular complexity index is 615. The van der Waals surface area contributed by atoms with Crippen molar-refractivity contribution in [1.82, 2.24) is 9.55 Å². The second-order valence-corrected chi connectivity index (χ2v) is 6.07. The minimum absolute atomic E-state index is 0.587. The molecule has 1 saturated carbocycles. The van der Waals surface area contributed by atoms with Crippen LogP contribution in [0.3, 0.4) is 0 Å². The van der Waals surface area contributed by atoms with Crippen molar-refractivity contribution < 1.29 is 0 Å². The van der Waals surface area contributed by atoms with Gasteiger partial charge in [0.1, 0.15) is 0 Å². The zero-order valence-corrected chi connectivity index (χ0v) is 11.9. The Hall–Kier alpha value is -1.09. The predicted molar refractivity (Wildman–Crippen MR) is 78.5 cm³/mol. The quantitative estimate of drug-likeness (QED) is 0.733. The molecule has 18 heavy (non-hydrogen) atoms. The number of nitrogens with one attached hydrogen (secondary N) is 1. The molecule has 1 aromatic heterocycles. The second kappa shape index (κ2) is 4.54. The largest absolute Gasteiger partial charge is 0.330 e. The molecule has 0 saturated heterocycles. The van der Waals surface area contributed by atoms with Gasteiger partial charge in [-0.05, 0) is 62.4 Å². The number of imidazole rings is 1. The summed E-state index contributed by atoms with van der Waals surface area (Å²) in [5.74, 6) is 0.877. The maximum Gasteiger partial charge on any atom is 0.178 e. The van der Waals surface area contributed by atoms with Crippen molar-refractivity contribution in [1.29, 1.82) is 0 Å². The fourth-order valence-corrected chi connectivity index (χ4v) is 3.50. The maximum atomic E-state index is 5.53. The lowest BCUT2D eigenvalue weighted by molar-refractivity contribution is 0.292. The normalized spacial score (nSPS) is 24.6. The van der Waals surface area contributed by atoms with Gasteiger partial charge >= 0.3 is 0 Å². The van der Waals surface area contributed by atoms with E-state index in [4.69, 9.17) is 12.2 Å². The number of aryl methyl sites for hydroxylation is 1. The van der Waals surface area contributed by atoms with Gasteiger partial charge in [0, 0.05) is 6.04 Å². The second-order valence-electron chi connectivity index (χ2n) is 5.68. The van der Waals surface area contributed by atoms with Crippen LogP contribution in [0.25, 0.3) is 11.0 Å². The highest BCUT2D eigenvalue weighted by Gasteiger charge is 2.21. The van der Waals surface area contributed by atoms with Gasteiger partial charge in [0.2, 0.25) is 0 Å². The Morgan fingerprint density at radius 3 is 2.67 bits per heavy atom. The topological polar surface area (TPSA) is 20.7 Å². The summed E-state index contributed by atoms with van der Waals surface area (Å²) in [4.78, 5) is 3.38. The van der Waals surface area contributed by atoms with Crippen LogP contribution in [0.2, 0.25) is 0 Å². The third kappa shape index (κ3) is 1.91. The van der Waals surface area contributed by atoms with Crippen LogP contribution in [0, 0.1) is 17.6 Å². The summed E-state index contributed by atoms with van der Waals surface area (Å²) in [6, 6.07) is 7.04. The summed E-state index contributed by atoms with van der Waals surface area (Å²) in [5.41, 5.74) is 3.77. The Kier molecular flexibility index (Phi) is 3.02. The van der Waals surface area contributed by atoms with Crippen LogP contribution in [0.1, 0.15) is 44.2 Å². The van der Waals surface area contributed by atoms with Crippen LogP contribution in [0.4, 0.5) is 0 Å². The standard InChI is InChI=1S/C15H20N2S/c1-10-6-8-12(9-7-10)17-13-5-3-4-11(2)14(13)16-15(17)18/h3-5,10,12H,6-9H2,1-2H3,(H,16,18). The van der Waals surface area contributed by atoms with E-state index >= 15 is 0 Å². The molecule has 96 valence electrons. The molecule has 2 aromatic rings. The molecular weight excluding hydrogens is 240 g/mol. The predicted octanol–water partition coefficient (Wildman–Crippen LogP) is 4.76. The molecule has 0 aliphatic heterocycles. The van der Waals surface area contributed by atoms with E-state index in [1.807, 2.05) is 0 Å². The Labute approximate surface area is 113 Å². The Morgan fingerprint density at radius 2 is 1.94 bits per heavy atom. The first-order valence-electron chi connectivity index (χ1n) is 6.86. The molecule has 0 bridgehead atoms. The van der Waals surface area contributed by atoms with Gasteiger partial charge in [-0.3, -0.25) is 0 Å². The number of benzene rings is 1. The lowest BCUT2D eigenvalue weighted by Gasteiger charge is -2.27. The van der Waals surface area contributed by atoms with Gasteiger partial charge in [0.25, 0.3) is 0 Å². The first-order chi connectivity index (χ1) is 8.66. The van der Waals surface area contributed by atoms with E-state index < -0.39 is 0 Å². The zero-order valence-electron chi connectivity index (χ0n) is 11.1.